The number of thiazole rings is 1. The fraction of sp³-hybridized carbons (Fsp3) is 0.167. The minimum absolute atomic E-state index is 0.109. The minimum Gasteiger partial charge on any atom is -0.497 e. The molecule has 1 aliphatic heterocycles. The summed E-state index contributed by atoms with van der Waals surface area (Å²) in [7, 11) is -3.16. The number of fused-ring (bicyclic) bond motifs is 1. The Bertz CT molecular complexity index is 2160. The molecule has 5 rings (SSSR count). The lowest BCUT2D eigenvalue weighted by Gasteiger charge is -2.24. The highest BCUT2D eigenvalue weighted by Crippen LogP contribution is 2.33. The van der Waals surface area contributed by atoms with Gasteiger partial charge in [-0.05, 0) is 61.9 Å². The largest absolute Gasteiger partial charge is 0.497 e. The van der Waals surface area contributed by atoms with E-state index in [9.17, 15) is 28.1 Å². The van der Waals surface area contributed by atoms with Gasteiger partial charge in [-0.2, -0.15) is 8.42 Å². The number of aromatic nitrogens is 1. The van der Waals surface area contributed by atoms with Gasteiger partial charge >= 0.3 is 16.1 Å². The first-order valence-electron chi connectivity index (χ1n) is 13.3. The lowest BCUT2D eigenvalue weighted by molar-refractivity contribution is -0.387. The van der Waals surface area contributed by atoms with Gasteiger partial charge in [0.1, 0.15) is 11.5 Å². The molecule has 0 radical (unpaired) electrons. The minimum atomic E-state index is -4.68. The number of rotatable bonds is 9. The number of esters is 1. The van der Waals surface area contributed by atoms with Gasteiger partial charge in [0, 0.05) is 16.7 Å². The van der Waals surface area contributed by atoms with Gasteiger partial charge < -0.3 is 13.7 Å². The number of benzene rings is 3. The van der Waals surface area contributed by atoms with Gasteiger partial charge in [-0.15, -0.1) is 0 Å². The third-order valence-electron chi connectivity index (χ3n) is 6.74. The van der Waals surface area contributed by atoms with Crippen molar-refractivity contribution in [2.24, 2.45) is 4.99 Å². The number of allylic oxidation sites excluding steroid dienone is 1. The van der Waals surface area contributed by atoms with E-state index in [0.29, 0.717) is 17.0 Å². The highest BCUT2D eigenvalue weighted by Gasteiger charge is 2.33. The lowest BCUT2D eigenvalue weighted by Crippen LogP contribution is -2.39. The quantitative estimate of drug-likeness (QED) is 0.111. The maximum atomic E-state index is 14.0. The van der Waals surface area contributed by atoms with Crippen LogP contribution < -0.4 is 23.8 Å². The summed E-state index contributed by atoms with van der Waals surface area (Å²) in [6.45, 7) is 3.44. The maximum absolute atomic E-state index is 14.0. The Kier molecular flexibility index (Phi) is 8.91. The van der Waals surface area contributed by atoms with E-state index in [4.69, 9.17) is 25.3 Å². The van der Waals surface area contributed by atoms with Crippen LogP contribution in [0, 0.1) is 10.1 Å². The summed E-state index contributed by atoms with van der Waals surface area (Å²) in [6, 6.07) is 14.8. The van der Waals surface area contributed by atoms with Gasteiger partial charge in [0.2, 0.25) is 0 Å². The number of hydrogen-bond donors (Lipinski definition) is 0. The highest BCUT2D eigenvalue weighted by atomic mass is 35.5. The van der Waals surface area contributed by atoms with Crippen LogP contribution in [-0.2, 0) is 19.6 Å². The topological polar surface area (TPSA) is 156 Å². The molecule has 0 aliphatic carbocycles. The monoisotopic (exact) mass is 669 g/mol. The Morgan fingerprint density at radius 2 is 1.87 bits per heavy atom. The second-order valence-corrected chi connectivity index (χ2v) is 12.5. The number of hydrogen-bond acceptors (Lipinski definition) is 11. The second kappa shape index (κ2) is 12.7. The van der Waals surface area contributed by atoms with Crippen LogP contribution in [0.4, 0.5) is 5.69 Å². The van der Waals surface area contributed by atoms with E-state index < -0.39 is 43.2 Å². The van der Waals surface area contributed by atoms with E-state index in [2.05, 4.69) is 4.99 Å². The van der Waals surface area contributed by atoms with E-state index in [0.717, 1.165) is 23.5 Å². The molecule has 232 valence electrons. The number of halogens is 1. The first-order valence-corrected chi connectivity index (χ1v) is 15.9. The van der Waals surface area contributed by atoms with Crippen molar-refractivity contribution in [2.75, 3.05) is 13.7 Å². The van der Waals surface area contributed by atoms with E-state index in [-0.39, 0.29) is 37.8 Å². The molecule has 45 heavy (non-hydrogen) atoms. The normalized spacial score (nSPS) is 14.8. The average Bonchev–Trinajstić information content (AvgIpc) is 3.31. The summed E-state index contributed by atoms with van der Waals surface area (Å²) < 4.78 is 43.8. The van der Waals surface area contributed by atoms with Crippen molar-refractivity contribution in [1.82, 2.24) is 4.57 Å². The molecule has 0 N–H and O–H groups in total. The molecule has 0 spiro atoms. The maximum Gasteiger partial charge on any atom is 0.346 e. The summed E-state index contributed by atoms with van der Waals surface area (Å²) in [4.78, 5) is 41.9. The van der Waals surface area contributed by atoms with Crippen LogP contribution in [0.2, 0.25) is 5.02 Å². The van der Waals surface area contributed by atoms with Crippen LogP contribution in [0.5, 0.6) is 11.5 Å². The SMILES string of the molecule is CCOC(=O)C1=C(C)N=c2s/c(=C\c3cc(Cl)ccc3OS(=O)(=O)c3ccccc3[N+](=O)[O-])c(=O)n2[C@@H]1c1ccc(OC)cc1. The number of ether oxygens (including phenoxy) is 2. The highest BCUT2D eigenvalue weighted by molar-refractivity contribution is 7.87. The van der Waals surface area contributed by atoms with Gasteiger partial charge in [0.05, 0.1) is 40.5 Å². The molecule has 0 unspecified atom stereocenters. The third-order valence-corrected chi connectivity index (χ3v) is 9.24. The molecular formula is C30H24ClN3O9S2. The van der Waals surface area contributed by atoms with Gasteiger partial charge in [-0.1, -0.05) is 47.2 Å². The zero-order chi connectivity index (χ0) is 32.5. The summed E-state index contributed by atoms with van der Waals surface area (Å²) >= 11 is 7.24. The van der Waals surface area contributed by atoms with Crippen molar-refractivity contribution in [3.63, 3.8) is 0 Å². The summed E-state index contributed by atoms with van der Waals surface area (Å²) in [5.41, 5.74) is 0.0713. The molecule has 4 aromatic rings. The molecule has 0 bridgehead atoms. The van der Waals surface area contributed by atoms with Crippen molar-refractivity contribution in [1.29, 1.82) is 0 Å². The summed E-state index contributed by atoms with van der Waals surface area (Å²) in [6.07, 6.45) is 1.38. The predicted molar refractivity (Wildman–Crippen MR) is 166 cm³/mol. The molecule has 3 aromatic carbocycles. The molecule has 1 aliphatic rings. The standard InChI is InChI=1S/C30H24ClN3O9S2/c1-4-42-29(36)26-17(2)32-30-33(27(26)18-9-12-21(41-3)13-10-18)28(35)24(44-30)16-19-15-20(31)11-14-23(19)43-45(39,40)25-8-6-5-7-22(25)34(37)38/h5-16,27H,4H2,1-3H3/b24-16-/t27-/m1/s1. The van der Waals surface area contributed by atoms with Crippen molar-refractivity contribution < 1.29 is 31.8 Å². The molecule has 0 saturated carbocycles. The molecular weight excluding hydrogens is 646 g/mol. The smallest absolute Gasteiger partial charge is 0.346 e. The van der Waals surface area contributed by atoms with Crippen LogP contribution >= 0.6 is 22.9 Å². The molecule has 1 aromatic heterocycles. The molecule has 12 nitrogen and oxygen atoms in total. The lowest BCUT2D eigenvalue weighted by atomic mass is 9.96. The summed E-state index contributed by atoms with van der Waals surface area (Å²) in [5, 5.41) is 11.7. The Morgan fingerprint density at radius 3 is 2.53 bits per heavy atom. The Hall–Kier alpha value is -4.79. The van der Waals surface area contributed by atoms with Crippen molar-refractivity contribution >= 4 is 50.8 Å². The fourth-order valence-electron chi connectivity index (χ4n) is 4.72. The van der Waals surface area contributed by atoms with E-state index in [1.165, 1.54) is 48.1 Å². The van der Waals surface area contributed by atoms with Crippen molar-refractivity contribution in [3.05, 3.63) is 124 Å². The third kappa shape index (κ3) is 6.25. The molecule has 1 atom stereocenters. The van der Waals surface area contributed by atoms with Crippen LogP contribution in [0.15, 0.2) is 92.7 Å². The first-order chi connectivity index (χ1) is 21.4. The van der Waals surface area contributed by atoms with Crippen LogP contribution in [0.3, 0.4) is 0 Å². The van der Waals surface area contributed by atoms with Gasteiger partial charge in [-0.3, -0.25) is 19.5 Å². The Labute approximate surface area is 265 Å². The zero-order valence-corrected chi connectivity index (χ0v) is 26.3. The number of nitro groups is 1. The Morgan fingerprint density at radius 1 is 1.16 bits per heavy atom. The van der Waals surface area contributed by atoms with E-state index in [1.54, 1.807) is 38.1 Å². The van der Waals surface area contributed by atoms with E-state index >= 15 is 0 Å². The molecule has 0 amide bonds. The summed E-state index contributed by atoms with van der Waals surface area (Å²) in [5.74, 6) is -0.271. The Balaban J connectivity index is 1.66. The number of para-hydroxylation sites is 1. The number of carbonyl (C=O) groups is 1. The van der Waals surface area contributed by atoms with Crippen LogP contribution in [0.25, 0.3) is 6.08 Å². The van der Waals surface area contributed by atoms with Crippen molar-refractivity contribution in [3.8, 4) is 11.5 Å². The fourth-order valence-corrected chi connectivity index (χ4v) is 7.06. The molecule has 0 saturated heterocycles. The van der Waals surface area contributed by atoms with E-state index in [1.807, 2.05) is 0 Å². The van der Waals surface area contributed by atoms with Gasteiger partial charge in [0.15, 0.2) is 9.70 Å². The number of carbonyl (C=O) groups excluding carboxylic acids is 1. The number of methoxy groups -OCH3 is 1. The van der Waals surface area contributed by atoms with Crippen LogP contribution in [0.1, 0.15) is 31.0 Å². The average molecular weight is 670 g/mol. The van der Waals surface area contributed by atoms with Gasteiger partial charge in [0.25, 0.3) is 11.2 Å². The zero-order valence-electron chi connectivity index (χ0n) is 23.9. The first kappa shape index (κ1) is 31.6. The molecule has 0 fully saturated rings. The number of nitrogens with zero attached hydrogens (tertiary/aromatic N) is 3. The van der Waals surface area contributed by atoms with Crippen LogP contribution in [-0.4, -0.2) is 37.6 Å². The second-order valence-electron chi connectivity index (χ2n) is 9.52. The predicted octanol–water partition coefficient (Wildman–Crippen LogP) is 4.14. The molecule has 2 heterocycles. The van der Waals surface area contributed by atoms with Crippen molar-refractivity contribution in [2.45, 2.75) is 24.8 Å². The number of nitro benzene ring substituents is 1. The van der Waals surface area contributed by atoms with Gasteiger partial charge in [-0.25, -0.2) is 9.79 Å². The molecule has 15 heteroatoms.